The molecule has 1 atom stereocenters. The van der Waals surface area contributed by atoms with Crippen LogP contribution in [0.2, 0.25) is 0 Å². The summed E-state index contributed by atoms with van der Waals surface area (Å²) in [5.74, 6) is -0.258. The van der Waals surface area contributed by atoms with Crippen molar-refractivity contribution >= 4 is 11.9 Å². The van der Waals surface area contributed by atoms with Gasteiger partial charge in [-0.05, 0) is 25.8 Å². The average molecular weight is 292 g/mol. The minimum absolute atomic E-state index is 0.258. The van der Waals surface area contributed by atoms with E-state index in [-0.39, 0.29) is 12.5 Å². The van der Waals surface area contributed by atoms with Crippen LogP contribution in [0.1, 0.15) is 30.0 Å². The molecular formula is C16H26N3O2+. The van der Waals surface area contributed by atoms with Crippen LogP contribution < -0.4 is 15.5 Å². The Bertz CT molecular complexity index is 500. The molecule has 0 spiro atoms. The predicted molar refractivity (Wildman–Crippen MR) is 83.2 cm³/mol. The van der Waals surface area contributed by atoms with Gasteiger partial charge in [0, 0.05) is 12.1 Å². The summed E-state index contributed by atoms with van der Waals surface area (Å²) in [6.45, 7) is 7.71. The zero-order chi connectivity index (χ0) is 15.8. The van der Waals surface area contributed by atoms with Crippen molar-refractivity contribution in [1.29, 1.82) is 0 Å². The van der Waals surface area contributed by atoms with Crippen LogP contribution in [0, 0.1) is 13.8 Å². The molecule has 0 radical (unpaired) electrons. The molecular weight excluding hydrogens is 266 g/mol. The lowest BCUT2D eigenvalue weighted by molar-refractivity contribution is -0.885. The first-order chi connectivity index (χ1) is 9.92. The Hall–Kier alpha value is -1.88. The largest absolute Gasteiger partial charge is 0.338 e. The second kappa shape index (κ2) is 8.42. The van der Waals surface area contributed by atoms with Crippen LogP contribution in [0.3, 0.4) is 0 Å². The van der Waals surface area contributed by atoms with E-state index in [0.29, 0.717) is 6.54 Å². The van der Waals surface area contributed by atoms with E-state index in [1.165, 1.54) is 16.7 Å². The SMILES string of the molecule is CCCNC(=O)NC(=O)C[NH+](C)Cc1ccc(C)cc1C. The van der Waals surface area contributed by atoms with Crippen molar-refractivity contribution in [3.8, 4) is 0 Å². The number of carbonyl (C=O) groups is 2. The molecule has 0 fully saturated rings. The molecule has 0 heterocycles. The first kappa shape index (κ1) is 17.2. The van der Waals surface area contributed by atoms with Gasteiger partial charge in [0.2, 0.25) is 0 Å². The smallest absolute Gasteiger partial charge is 0.321 e. The van der Waals surface area contributed by atoms with Gasteiger partial charge in [0.05, 0.1) is 7.05 Å². The maximum absolute atomic E-state index is 11.8. The standard InChI is InChI=1S/C16H25N3O2/c1-5-8-17-16(21)18-15(20)11-19(4)10-14-7-6-12(2)9-13(14)3/h6-7,9H,5,8,10-11H2,1-4H3,(H2,17,18,20,21)/p+1. The Kier molecular flexibility index (Phi) is 6.88. The summed E-state index contributed by atoms with van der Waals surface area (Å²) < 4.78 is 0. The number of benzene rings is 1. The van der Waals surface area contributed by atoms with Crippen LogP contribution in [0.5, 0.6) is 0 Å². The number of imide groups is 1. The van der Waals surface area contributed by atoms with Gasteiger partial charge < -0.3 is 10.2 Å². The van der Waals surface area contributed by atoms with Crippen molar-refractivity contribution in [1.82, 2.24) is 10.6 Å². The highest BCUT2D eigenvalue weighted by Crippen LogP contribution is 2.08. The van der Waals surface area contributed by atoms with E-state index in [1.807, 2.05) is 14.0 Å². The van der Waals surface area contributed by atoms with Crippen LogP contribution in [0.25, 0.3) is 0 Å². The Morgan fingerprint density at radius 3 is 2.57 bits per heavy atom. The van der Waals surface area contributed by atoms with Gasteiger partial charge in [-0.1, -0.05) is 30.7 Å². The Morgan fingerprint density at radius 2 is 1.95 bits per heavy atom. The second-order valence-corrected chi connectivity index (χ2v) is 5.54. The Balaban J connectivity index is 2.44. The fourth-order valence-corrected chi connectivity index (χ4v) is 2.16. The molecule has 3 amide bonds. The van der Waals surface area contributed by atoms with Crippen molar-refractivity contribution in [2.75, 3.05) is 20.1 Å². The van der Waals surface area contributed by atoms with Gasteiger partial charge in [0.1, 0.15) is 6.54 Å². The molecule has 1 rings (SSSR count). The topological polar surface area (TPSA) is 62.6 Å². The number of amides is 3. The number of nitrogens with one attached hydrogen (secondary N) is 3. The summed E-state index contributed by atoms with van der Waals surface area (Å²) in [5, 5.41) is 4.97. The summed E-state index contributed by atoms with van der Waals surface area (Å²) in [6, 6.07) is 5.90. The van der Waals surface area contributed by atoms with Crippen LogP contribution in [0.15, 0.2) is 18.2 Å². The third-order valence-corrected chi connectivity index (χ3v) is 3.24. The van der Waals surface area contributed by atoms with E-state index < -0.39 is 6.03 Å². The minimum Gasteiger partial charge on any atom is -0.338 e. The van der Waals surface area contributed by atoms with E-state index in [0.717, 1.165) is 17.9 Å². The van der Waals surface area contributed by atoms with Crippen molar-refractivity contribution in [3.05, 3.63) is 34.9 Å². The molecule has 0 aliphatic heterocycles. The molecule has 3 N–H and O–H groups in total. The number of quaternary nitrogens is 1. The van der Waals surface area contributed by atoms with Gasteiger partial charge in [0.25, 0.3) is 5.91 Å². The molecule has 0 aliphatic rings. The van der Waals surface area contributed by atoms with E-state index in [1.54, 1.807) is 0 Å². The first-order valence-corrected chi connectivity index (χ1v) is 7.37. The highest BCUT2D eigenvalue weighted by Gasteiger charge is 2.14. The van der Waals surface area contributed by atoms with Gasteiger partial charge in [0.15, 0.2) is 6.54 Å². The molecule has 0 aromatic heterocycles. The van der Waals surface area contributed by atoms with Gasteiger partial charge in [-0.2, -0.15) is 0 Å². The molecule has 116 valence electrons. The lowest BCUT2D eigenvalue weighted by Gasteiger charge is -2.15. The van der Waals surface area contributed by atoms with Crippen LogP contribution >= 0.6 is 0 Å². The van der Waals surface area contributed by atoms with E-state index >= 15 is 0 Å². The van der Waals surface area contributed by atoms with Gasteiger partial charge in [-0.3, -0.25) is 10.1 Å². The van der Waals surface area contributed by atoms with Crippen molar-refractivity contribution < 1.29 is 14.5 Å². The number of hydrogen-bond donors (Lipinski definition) is 3. The maximum atomic E-state index is 11.8. The van der Waals surface area contributed by atoms with E-state index in [2.05, 4.69) is 42.7 Å². The zero-order valence-electron chi connectivity index (χ0n) is 13.4. The highest BCUT2D eigenvalue weighted by atomic mass is 16.2. The van der Waals surface area contributed by atoms with E-state index in [9.17, 15) is 9.59 Å². The van der Waals surface area contributed by atoms with E-state index in [4.69, 9.17) is 0 Å². The van der Waals surface area contributed by atoms with Crippen molar-refractivity contribution in [2.24, 2.45) is 0 Å². The maximum Gasteiger partial charge on any atom is 0.321 e. The van der Waals surface area contributed by atoms with Crippen LogP contribution in [-0.4, -0.2) is 32.1 Å². The molecule has 5 heteroatoms. The number of aryl methyl sites for hydroxylation is 2. The fraction of sp³-hybridized carbons (Fsp3) is 0.500. The third kappa shape index (κ3) is 6.40. The first-order valence-electron chi connectivity index (χ1n) is 7.37. The quantitative estimate of drug-likeness (QED) is 0.717. The van der Waals surface area contributed by atoms with Gasteiger partial charge in [-0.15, -0.1) is 0 Å². The molecule has 1 aromatic rings. The molecule has 21 heavy (non-hydrogen) atoms. The number of likely N-dealkylation sites (N-methyl/N-ethyl adjacent to an activating group) is 1. The molecule has 1 unspecified atom stereocenters. The number of carbonyl (C=O) groups excluding carboxylic acids is 2. The van der Waals surface area contributed by atoms with Crippen LogP contribution in [0.4, 0.5) is 4.79 Å². The molecule has 0 bridgehead atoms. The minimum atomic E-state index is -0.416. The molecule has 0 saturated heterocycles. The Morgan fingerprint density at radius 1 is 1.24 bits per heavy atom. The average Bonchev–Trinajstić information content (AvgIpc) is 2.39. The van der Waals surface area contributed by atoms with Crippen molar-refractivity contribution in [3.63, 3.8) is 0 Å². The fourth-order valence-electron chi connectivity index (χ4n) is 2.16. The molecule has 5 nitrogen and oxygen atoms in total. The zero-order valence-corrected chi connectivity index (χ0v) is 13.4. The summed E-state index contributed by atoms with van der Waals surface area (Å²) in [5.41, 5.74) is 3.69. The summed E-state index contributed by atoms with van der Waals surface area (Å²) in [4.78, 5) is 24.2. The lowest BCUT2D eigenvalue weighted by atomic mass is 10.1. The van der Waals surface area contributed by atoms with Gasteiger partial charge in [-0.25, -0.2) is 4.79 Å². The van der Waals surface area contributed by atoms with Crippen molar-refractivity contribution in [2.45, 2.75) is 33.7 Å². The predicted octanol–water partition coefficient (Wildman–Crippen LogP) is 0.554. The normalized spacial score (nSPS) is 11.8. The Labute approximate surface area is 126 Å². The number of urea groups is 1. The molecule has 1 aromatic carbocycles. The lowest BCUT2D eigenvalue weighted by Crippen LogP contribution is -3.09. The highest BCUT2D eigenvalue weighted by molar-refractivity contribution is 5.94. The number of hydrogen-bond acceptors (Lipinski definition) is 2. The van der Waals surface area contributed by atoms with Gasteiger partial charge >= 0.3 is 6.03 Å². The summed E-state index contributed by atoms with van der Waals surface area (Å²) in [6.07, 6.45) is 0.847. The second-order valence-electron chi connectivity index (χ2n) is 5.54. The monoisotopic (exact) mass is 292 g/mol. The number of rotatable bonds is 6. The molecule has 0 saturated carbocycles. The van der Waals surface area contributed by atoms with Crippen LogP contribution in [-0.2, 0) is 11.3 Å². The summed E-state index contributed by atoms with van der Waals surface area (Å²) >= 11 is 0. The third-order valence-electron chi connectivity index (χ3n) is 3.24. The summed E-state index contributed by atoms with van der Waals surface area (Å²) in [7, 11) is 1.95. The molecule has 0 aliphatic carbocycles.